The summed E-state index contributed by atoms with van der Waals surface area (Å²) in [5.74, 6) is 0.901. The van der Waals surface area contributed by atoms with Crippen molar-refractivity contribution in [3.05, 3.63) is 36.2 Å². The van der Waals surface area contributed by atoms with Gasteiger partial charge in [-0.25, -0.2) is 0 Å². The third-order valence-electron chi connectivity index (χ3n) is 1.98. The highest BCUT2D eigenvalue weighted by atomic mass is 16.5. The van der Waals surface area contributed by atoms with Crippen molar-refractivity contribution in [2.24, 2.45) is 0 Å². The zero-order chi connectivity index (χ0) is 10.2. The minimum atomic E-state index is 0.725. The van der Waals surface area contributed by atoms with Gasteiger partial charge in [-0.2, -0.15) is 0 Å². The van der Waals surface area contributed by atoms with Crippen LogP contribution in [-0.2, 0) is 11.2 Å². The molecule has 0 aliphatic rings. The topological polar surface area (TPSA) is 18.5 Å². The van der Waals surface area contributed by atoms with E-state index in [1.807, 2.05) is 19.1 Å². The first-order chi connectivity index (χ1) is 6.86. The van der Waals surface area contributed by atoms with Crippen LogP contribution in [0, 0.1) is 6.42 Å². The van der Waals surface area contributed by atoms with E-state index in [1.165, 1.54) is 5.56 Å². The Kier molecular flexibility index (Phi) is 5.08. The second-order valence-electron chi connectivity index (χ2n) is 3.00. The van der Waals surface area contributed by atoms with Gasteiger partial charge in [0.15, 0.2) is 0 Å². The molecule has 0 amide bonds. The van der Waals surface area contributed by atoms with Crippen molar-refractivity contribution in [2.45, 2.75) is 13.3 Å². The van der Waals surface area contributed by atoms with Gasteiger partial charge in [-0.15, -0.1) is 0 Å². The fourth-order valence-corrected chi connectivity index (χ4v) is 1.19. The van der Waals surface area contributed by atoms with E-state index in [0.717, 1.165) is 25.4 Å². The Morgan fingerprint density at radius 3 is 2.50 bits per heavy atom. The number of ether oxygens (including phenoxy) is 2. The van der Waals surface area contributed by atoms with Crippen LogP contribution in [0.25, 0.3) is 0 Å². The van der Waals surface area contributed by atoms with Crippen LogP contribution in [0.5, 0.6) is 5.75 Å². The lowest BCUT2D eigenvalue weighted by atomic mass is 10.1. The Hall–Kier alpha value is -1.02. The van der Waals surface area contributed by atoms with Gasteiger partial charge < -0.3 is 9.47 Å². The summed E-state index contributed by atoms with van der Waals surface area (Å²) in [5, 5.41) is 0. The van der Waals surface area contributed by atoms with E-state index in [2.05, 4.69) is 18.6 Å². The summed E-state index contributed by atoms with van der Waals surface area (Å²) >= 11 is 0. The lowest BCUT2D eigenvalue weighted by molar-refractivity contribution is 0.167. The Bertz CT molecular complexity index is 241. The molecule has 1 aromatic rings. The Morgan fingerprint density at radius 1 is 1.21 bits per heavy atom. The van der Waals surface area contributed by atoms with E-state index in [1.54, 1.807) is 7.11 Å². The fraction of sp³-hybridized carbons (Fsp3) is 0.417. The SMILES string of the molecule is CCOC[CH]Cc1ccc(OC)cc1. The van der Waals surface area contributed by atoms with E-state index in [9.17, 15) is 0 Å². The average Bonchev–Trinajstić information content (AvgIpc) is 2.25. The van der Waals surface area contributed by atoms with Gasteiger partial charge in [0.2, 0.25) is 0 Å². The summed E-state index contributed by atoms with van der Waals surface area (Å²) in [6.45, 7) is 3.50. The van der Waals surface area contributed by atoms with Gasteiger partial charge in [0.25, 0.3) is 0 Å². The normalized spacial score (nSPS) is 10.1. The van der Waals surface area contributed by atoms with Gasteiger partial charge >= 0.3 is 0 Å². The van der Waals surface area contributed by atoms with Crippen molar-refractivity contribution in [3.63, 3.8) is 0 Å². The summed E-state index contributed by atoms with van der Waals surface area (Å²) in [7, 11) is 1.68. The molecule has 2 heteroatoms. The van der Waals surface area contributed by atoms with E-state index in [4.69, 9.17) is 9.47 Å². The van der Waals surface area contributed by atoms with Crippen molar-refractivity contribution in [2.75, 3.05) is 20.3 Å². The quantitative estimate of drug-likeness (QED) is 0.646. The van der Waals surface area contributed by atoms with Crippen LogP contribution >= 0.6 is 0 Å². The molecule has 1 rings (SSSR count). The van der Waals surface area contributed by atoms with Gasteiger partial charge in [0.05, 0.1) is 13.7 Å². The molecule has 0 aromatic heterocycles. The molecular formula is C12H17O2. The number of benzene rings is 1. The lowest BCUT2D eigenvalue weighted by Crippen LogP contribution is -1.96. The lowest BCUT2D eigenvalue weighted by Gasteiger charge is -2.03. The Morgan fingerprint density at radius 2 is 1.93 bits per heavy atom. The zero-order valence-electron chi connectivity index (χ0n) is 8.82. The largest absolute Gasteiger partial charge is 0.497 e. The van der Waals surface area contributed by atoms with Crippen molar-refractivity contribution < 1.29 is 9.47 Å². The van der Waals surface area contributed by atoms with Gasteiger partial charge in [0.1, 0.15) is 5.75 Å². The molecule has 0 saturated heterocycles. The molecule has 0 N–H and O–H groups in total. The maximum Gasteiger partial charge on any atom is 0.118 e. The van der Waals surface area contributed by atoms with Crippen LogP contribution in [0.4, 0.5) is 0 Å². The molecule has 1 radical (unpaired) electrons. The highest BCUT2D eigenvalue weighted by Gasteiger charge is 1.94. The van der Waals surface area contributed by atoms with Crippen LogP contribution in [0.2, 0.25) is 0 Å². The Labute approximate surface area is 85.8 Å². The summed E-state index contributed by atoms with van der Waals surface area (Å²) in [6, 6.07) is 8.09. The summed E-state index contributed by atoms with van der Waals surface area (Å²) in [4.78, 5) is 0. The molecule has 0 bridgehead atoms. The summed E-state index contributed by atoms with van der Waals surface area (Å²) < 4.78 is 10.3. The molecule has 0 aliphatic heterocycles. The van der Waals surface area contributed by atoms with E-state index >= 15 is 0 Å². The first-order valence-corrected chi connectivity index (χ1v) is 4.89. The van der Waals surface area contributed by atoms with Crippen LogP contribution < -0.4 is 4.74 Å². The molecule has 0 saturated carbocycles. The number of hydrogen-bond acceptors (Lipinski definition) is 2. The van der Waals surface area contributed by atoms with Crippen molar-refractivity contribution in [1.29, 1.82) is 0 Å². The first-order valence-electron chi connectivity index (χ1n) is 4.89. The standard InChI is InChI=1S/C12H17O2/c1-3-14-10-4-5-11-6-8-12(13-2)9-7-11/h4,6-9H,3,5,10H2,1-2H3. The maximum absolute atomic E-state index is 5.22. The number of methoxy groups -OCH3 is 1. The van der Waals surface area contributed by atoms with Crippen molar-refractivity contribution in [1.82, 2.24) is 0 Å². The minimum absolute atomic E-state index is 0.725. The molecule has 77 valence electrons. The van der Waals surface area contributed by atoms with Gasteiger partial charge in [0, 0.05) is 6.61 Å². The van der Waals surface area contributed by atoms with E-state index in [0.29, 0.717) is 0 Å². The summed E-state index contributed by atoms with van der Waals surface area (Å²) in [6.07, 6.45) is 3.08. The van der Waals surface area contributed by atoms with Crippen molar-refractivity contribution >= 4 is 0 Å². The summed E-state index contributed by atoms with van der Waals surface area (Å²) in [5.41, 5.74) is 1.28. The van der Waals surface area contributed by atoms with Crippen LogP contribution in [-0.4, -0.2) is 20.3 Å². The van der Waals surface area contributed by atoms with Crippen molar-refractivity contribution in [3.8, 4) is 5.75 Å². The molecule has 0 atom stereocenters. The smallest absolute Gasteiger partial charge is 0.118 e. The predicted molar refractivity (Wildman–Crippen MR) is 57.5 cm³/mol. The zero-order valence-corrected chi connectivity index (χ0v) is 8.82. The third kappa shape index (κ3) is 3.79. The highest BCUT2D eigenvalue weighted by Crippen LogP contribution is 2.12. The van der Waals surface area contributed by atoms with Gasteiger partial charge in [-0.05, 0) is 37.5 Å². The molecule has 0 fully saturated rings. The maximum atomic E-state index is 5.22. The number of rotatable bonds is 6. The average molecular weight is 193 g/mol. The van der Waals surface area contributed by atoms with Crippen LogP contribution in [0.1, 0.15) is 12.5 Å². The second-order valence-corrected chi connectivity index (χ2v) is 3.00. The van der Waals surface area contributed by atoms with E-state index < -0.39 is 0 Å². The third-order valence-corrected chi connectivity index (χ3v) is 1.98. The van der Waals surface area contributed by atoms with Gasteiger partial charge in [-0.3, -0.25) is 0 Å². The minimum Gasteiger partial charge on any atom is -0.497 e. The van der Waals surface area contributed by atoms with Crippen LogP contribution in [0.15, 0.2) is 24.3 Å². The molecule has 1 aromatic carbocycles. The molecule has 2 nitrogen and oxygen atoms in total. The molecule has 14 heavy (non-hydrogen) atoms. The Balaban J connectivity index is 2.29. The molecular weight excluding hydrogens is 176 g/mol. The first kappa shape index (κ1) is 11.1. The molecule has 0 heterocycles. The van der Waals surface area contributed by atoms with Crippen LogP contribution in [0.3, 0.4) is 0 Å². The monoisotopic (exact) mass is 193 g/mol. The second kappa shape index (κ2) is 6.44. The highest BCUT2D eigenvalue weighted by molar-refractivity contribution is 5.27. The van der Waals surface area contributed by atoms with Gasteiger partial charge in [-0.1, -0.05) is 12.1 Å². The predicted octanol–water partition coefficient (Wildman–Crippen LogP) is 2.48. The fourth-order valence-electron chi connectivity index (χ4n) is 1.19. The molecule has 0 aliphatic carbocycles. The molecule has 0 unspecified atom stereocenters. The molecule has 0 spiro atoms. The van der Waals surface area contributed by atoms with E-state index in [-0.39, 0.29) is 0 Å². The number of hydrogen-bond donors (Lipinski definition) is 0.